The van der Waals surface area contributed by atoms with Crippen molar-refractivity contribution in [2.75, 3.05) is 5.32 Å². The molecule has 0 radical (unpaired) electrons. The molecule has 18 heavy (non-hydrogen) atoms. The third kappa shape index (κ3) is 3.27. The molecule has 0 spiro atoms. The smallest absolute Gasteiger partial charge is 0.244 e. The SMILES string of the molecule is O=Cc1cn(CC(=O)Nc2ccc(Br)cc2)cn1. The van der Waals surface area contributed by atoms with Crippen LogP contribution in [-0.4, -0.2) is 21.7 Å². The molecule has 0 aliphatic heterocycles. The average Bonchev–Trinajstić information content (AvgIpc) is 2.79. The van der Waals surface area contributed by atoms with Gasteiger partial charge in [-0.15, -0.1) is 0 Å². The van der Waals surface area contributed by atoms with E-state index >= 15 is 0 Å². The van der Waals surface area contributed by atoms with Gasteiger partial charge in [-0.1, -0.05) is 15.9 Å². The largest absolute Gasteiger partial charge is 0.327 e. The number of halogens is 1. The summed E-state index contributed by atoms with van der Waals surface area (Å²) in [5, 5.41) is 2.75. The number of nitrogens with zero attached hydrogens (tertiary/aromatic N) is 2. The Morgan fingerprint density at radius 3 is 2.72 bits per heavy atom. The van der Waals surface area contributed by atoms with E-state index in [-0.39, 0.29) is 12.5 Å². The second-order valence-corrected chi connectivity index (χ2v) is 4.56. The molecule has 0 saturated heterocycles. The van der Waals surface area contributed by atoms with E-state index in [4.69, 9.17) is 0 Å². The van der Waals surface area contributed by atoms with Gasteiger partial charge in [0.2, 0.25) is 5.91 Å². The number of rotatable bonds is 4. The average molecular weight is 308 g/mol. The molecule has 2 aromatic rings. The summed E-state index contributed by atoms with van der Waals surface area (Å²) >= 11 is 3.32. The molecule has 0 saturated carbocycles. The number of imidazole rings is 1. The van der Waals surface area contributed by atoms with Gasteiger partial charge in [0.05, 0.1) is 6.33 Å². The minimum atomic E-state index is -0.174. The minimum Gasteiger partial charge on any atom is -0.327 e. The summed E-state index contributed by atoms with van der Waals surface area (Å²) in [7, 11) is 0. The molecule has 0 bridgehead atoms. The summed E-state index contributed by atoms with van der Waals surface area (Å²) in [5.74, 6) is -0.174. The number of carbonyl (C=O) groups is 2. The van der Waals surface area contributed by atoms with Crippen molar-refractivity contribution in [2.45, 2.75) is 6.54 Å². The topological polar surface area (TPSA) is 64.0 Å². The Labute approximate surface area is 112 Å². The van der Waals surface area contributed by atoms with Crippen LogP contribution in [0.1, 0.15) is 10.5 Å². The van der Waals surface area contributed by atoms with Crippen LogP contribution in [0.4, 0.5) is 5.69 Å². The zero-order chi connectivity index (χ0) is 13.0. The lowest BCUT2D eigenvalue weighted by molar-refractivity contribution is -0.116. The van der Waals surface area contributed by atoms with Gasteiger partial charge in [0, 0.05) is 16.4 Å². The lowest BCUT2D eigenvalue weighted by Gasteiger charge is -2.05. The van der Waals surface area contributed by atoms with Crippen molar-refractivity contribution in [2.24, 2.45) is 0 Å². The van der Waals surface area contributed by atoms with Gasteiger partial charge < -0.3 is 9.88 Å². The third-order valence-electron chi connectivity index (χ3n) is 2.23. The van der Waals surface area contributed by atoms with Gasteiger partial charge in [0.15, 0.2) is 6.29 Å². The van der Waals surface area contributed by atoms with Crippen molar-refractivity contribution >= 4 is 33.8 Å². The molecule has 2 rings (SSSR count). The van der Waals surface area contributed by atoms with Crippen molar-refractivity contribution in [1.29, 1.82) is 0 Å². The number of amides is 1. The van der Waals surface area contributed by atoms with Crippen LogP contribution in [0.3, 0.4) is 0 Å². The first-order valence-electron chi connectivity index (χ1n) is 5.20. The normalized spacial score (nSPS) is 10.1. The molecule has 5 nitrogen and oxygen atoms in total. The van der Waals surface area contributed by atoms with E-state index in [0.717, 1.165) is 10.2 Å². The molecule has 0 unspecified atom stereocenters. The van der Waals surface area contributed by atoms with Gasteiger partial charge in [-0.25, -0.2) is 4.98 Å². The van der Waals surface area contributed by atoms with Crippen LogP contribution in [0.5, 0.6) is 0 Å². The maximum Gasteiger partial charge on any atom is 0.244 e. The van der Waals surface area contributed by atoms with Crippen LogP contribution >= 0.6 is 15.9 Å². The number of aromatic nitrogens is 2. The van der Waals surface area contributed by atoms with Gasteiger partial charge in [0.25, 0.3) is 0 Å². The predicted molar refractivity (Wildman–Crippen MR) is 70.4 cm³/mol. The first kappa shape index (κ1) is 12.5. The van der Waals surface area contributed by atoms with Crippen molar-refractivity contribution in [3.05, 3.63) is 47.0 Å². The Balaban J connectivity index is 1.96. The Morgan fingerprint density at radius 1 is 1.39 bits per heavy atom. The number of carbonyl (C=O) groups excluding carboxylic acids is 2. The standard InChI is InChI=1S/C12H10BrN3O2/c13-9-1-3-10(4-2-9)15-12(18)6-16-5-11(7-17)14-8-16/h1-5,7-8H,6H2,(H,15,18). The molecule has 1 aromatic heterocycles. The van der Waals surface area contributed by atoms with Crippen molar-refractivity contribution in [1.82, 2.24) is 9.55 Å². The second kappa shape index (κ2) is 5.59. The highest BCUT2D eigenvalue weighted by molar-refractivity contribution is 9.10. The molecule has 1 N–H and O–H groups in total. The van der Waals surface area contributed by atoms with E-state index in [1.54, 1.807) is 16.7 Å². The number of hydrogen-bond acceptors (Lipinski definition) is 3. The molecule has 1 heterocycles. The number of hydrogen-bond donors (Lipinski definition) is 1. The van der Waals surface area contributed by atoms with Crippen LogP contribution in [0, 0.1) is 0 Å². The van der Waals surface area contributed by atoms with Crippen molar-refractivity contribution < 1.29 is 9.59 Å². The Kier molecular flexibility index (Phi) is 3.88. The zero-order valence-corrected chi connectivity index (χ0v) is 10.9. The number of aldehydes is 1. The van der Waals surface area contributed by atoms with Crippen LogP contribution in [-0.2, 0) is 11.3 Å². The first-order valence-corrected chi connectivity index (χ1v) is 5.99. The maximum absolute atomic E-state index is 11.7. The van der Waals surface area contributed by atoms with Gasteiger partial charge >= 0.3 is 0 Å². The fourth-order valence-corrected chi connectivity index (χ4v) is 1.69. The zero-order valence-electron chi connectivity index (χ0n) is 9.34. The van der Waals surface area contributed by atoms with Gasteiger partial charge in [-0.05, 0) is 24.3 Å². The number of anilines is 1. The lowest BCUT2D eigenvalue weighted by atomic mass is 10.3. The molecule has 0 aliphatic carbocycles. The van der Waals surface area contributed by atoms with E-state index < -0.39 is 0 Å². The second-order valence-electron chi connectivity index (χ2n) is 3.64. The lowest BCUT2D eigenvalue weighted by Crippen LogP contribution is -2.17. The highest BCUT2D eigenvalue weighted by atomic mass is 79.9. The molecule has 92 valence electrons. The van der Waals surface area contributed by atoms with Crippen LogP contribution in [0.15, 0.2) is 41.3 Å². The van der Waals surface area contributed by atoms with Crippen LogP contribution in [0.2, 0.25) is 0 Å². The third-order valence-corrected chi connectivity index (χ3v) is 2.76. The summed E-state index contributed by atoms with van der Waals surface area (Å²) in [6, 6.07) is 7.29. The van der Waals surface area contributed by atoms with Crippen molar-refractivity contribution in [3.63, 3.8) is 0 Å². The molecule has 1 amide bonds. The molecule has 0 aliphatic rings. The fraction of sp³-hybridized carbons (Fsp3) is 0.0833. The summed E-state index contributed by atoms with van der Waals surface area (Å²) in [6.07, 6.45) is 3.61. The predicted octanol–water partition coefficient (Wildman–Crippen LogP) is 2.10. The Morgan fingerprint density at radius 2 is 2.11 bits per heavy atom. The monoisotopic (exact) mass is 307 g/mol. The van der Waals surface area contributed by atoms with Gasteiger partial charge in [-0.3, -0.25) is 9.59 Å². The van der Waals surface area contributed by atoms with Gasteiger partial charge in [-0.2, -0.15) is 0 Å². The molecule has 0 atom stereocenters. The quantitative estimate of drug-likeness (QED) is 0.880. The van der Waals surface area contributed by atoms with E-state index in [0.29, 0.717) is 12.0 Å². The molecule has 1 aromatic carbocycles. The molecule has 6 heteroatoms. The van der Waals surface area contributed by atoms with Crippen LogP contribution in [0.25, 0.3) is 0 Å². The summed E-state index contributed by atoms with van der Waals surface area (Å²) in [6.45, 7) is 0.122. The van der Waals surface area contributed by atoms with E-state index in [9.17, 15) is 9.59 Å². The molecule has 0 fully saturated rings. The summed E-state index contributed by atoms with van der Waals surface area (Å²) in [5.41, 5.74) is 1.03. The highest BCUT2D eigenvalue weighted by Crippen LogP contribution is 2.14. The minimum absolute atomic E-state index is 0.122. The highest BCUT2D eigenvalue weighted by Gasteiger charge is 2.04. The van der Waals surface area contributed by atoms with E-state index in [2.05, 4.69) is 26.2 Å². The van der Waals surface area contributed by atoms with E-state index in [1.165, 1.54) is 12.5 Å². The molecular formula is C12H10BrN3O2. The van der Waals surface area contributed by atoms with Crippen LogP contribution < -0.4 is 5.32 Å². The van der Waals surface area contributed by atoms with Gasteiger partial charge in [0.1, 0.15) is 12.2 Å². The number of nitrogens with one attached hydrogen (secondary N) is 1. The van der Waals surface area contributed by atoms with E-state index in [1.807, 2.05) is 12.1 Å². The first-order chi connectivity index (χ1) is 8.67. The number of benzene rings is 1. The summed E-state index contributed by atoms with van der Waals surface area (Å²) in [4.78, 5) is 26.0. The maximum atomic E-state index is 11.7. The Hall–Kier alpha value is -1.95. The Bertz CT molecular complexity index is 563. The molecular weight excluding hydrogens is 298 g/mol. The fourth-order valence-electron chi connectivity index (χ4n) is 1.42. The van der Waals surface area contributed by atoms with Crippen molar-refractivity contribution in [3.8, 4) is 0 Å². The summed E-state index contributed by atoms with van der Waals surface area (Å²) < 4.78 is 2.50.